The van der Waals surface area contributed by atoms with E-state index >= 15 is 0 Å². The molecule has 34 heavy (non-hydrogen) atoms. The molecule has 2 atom stereocenters. The predicted octanol–water partition coefficient (Wildman–Crippen LogP) is 3.06. The highest BCUT2D eigenvalue weighted by Gasteiger charge is 2.51. The van der Waals surface area contributed by atoms with Crippen molar-refractivity contribution in [1.29, 1.82) is 0 Å². The molecule has 0 radical (unpaired) electrons. The molecule has 7 nitrogen and oxygen atoms in total. The highest BCUT2D eigenvalue weighted by Crippen LogP contribution is 2.36. The van der Waals surface area contributed by atoms with Gasteiger partial charge in [-0.1, -0.05) is 90.9 Å². The summed E-state index contributed by atoms with van der Waals surface area (Å²) in [5.74, 6) is -0.859. The van der Waals surface area contributed by atoms with Crippen molar-refractivity contribution < 1.29 is 14.4 Å². The molecule has 2 unspecified atom stereocenters. The number of ketones is 1. The number of aliphatic imine (C=N–C) groups is 1. The molecule has 9 heteroatoms. The van der Waals surface area contributed by atoms with Crippen molar-refractivity contribution in [3.05, 3.63) is 65.7 Å². The van der Waals surface area contributed by atoms with Gasteiger partial charge in [0, 0.05) is 21.6 Å². The van der Waals surface area contributed by atoms with Gasteiger partial charge in [0.1, 0.15) is 6.29 Å². The largest absolute Gasteiger partial charge is 0.321 e. The molecule has 1 heterocycles. The van der Waals surface area contributed by atoms with Crippen LogP contribution < -0.4 is 16.0 Å². The van der Waals surface area contributed by atoms with Crippen molar-refractivity contribution in [2.45, 2.75) is 37.2 Å². The molecule has 1 amide bonds. The number of carbonyl (C=O) groups is 3. The number of carbonyl (C=O) groups excluding carboxylic acids is 3. The van der Waals surface area contributed by atoms with Gasteiger partial charge in [0.25, 0.3) is 11.6 Å². The lowest BCUT2D eigenvalue weighted by Crippen LogP contribution is -2.65. The van der Waals surface area contributed by atoms with Crippen molar-refractivity contribution in [1.82, 2.24) is 5.32 Å². The third-order valence-corrected chi connectivity index (χ3v) is 8.58. The van der Waals surface area contributed by atoms with Crippen LogP contribution in [0.15, 0.2) is 59.6 Å². The van der Waals surface area contributed by atoms with Gasteiger partial charge < -0.3 is 15.4 Å². The first-order chi connectivity index (χ1) is 16.1. The smallest absolute Gasteiger partial charge is 0.278 e. The van der Waals surface area contributed by atoms with Crippen molar-refractivity contribution in [2.75, 3.05) is 24.2 Å². The quantitative estimate of drug-likeness (QED) is 0.311. The second kappa shape index (κ2) is 10.9. The maximum absolute atomic E-state index is 13.9. The number of hydrogen-bond acceptors (Lipinski definition) is 8. The minimum atomic E-state index is -1.97. The third-order valence-electron chi connectivity index (χ3n) is 5.20. The van der Waals surface area contributed by atoms with Crippen LogP contribution in [0.4, 0.5) is 5.69 Å². The Bertz CT molecular complexity index is 1090. The highest BCUT2D eigenvalue weighted by atomic mass is 33.1. The Morgan fingerprint density at radius 1 is 1.18 bits per heavy atom. The molecule has 1 aliphatic rings. The lowest BCUT2D eigenvalue weighted by atomic mass is 9.97. The third kappa shape index (κ3) is 5.43. The molecule has 0 saturated heterocycles. The Balaban J connectivity index is 2.15. The van der Waals surface area contributed by atoms with Crippen LogP contribution in [0.5, 0.6) is 0 Å². The van der Waals surface area contributed by atoms with Gasteiger partial charge >= 0.3 is 0 Å². The van der Waals surface area contributed by atoms with Crippen LogP contribution in [0.2, 0.25) is 0 Å². The molecular weight excluding hydrogens is 468 g/mol. The number of aldehydes is 1. The van der Waals surface area contributed by atoms with E-state index in [4.69, 9.17) is 10.7 Å². The first kappa shape index (κ1) is 26.2. The summed E-state index contributed by atoms with van der Waals surface area (Å²) in [4.78, 5) is 45.4. The van der Waals surface area contributed by atoms with E-state index in [1.165, 1.54) is 22.7 Å². The molecular formula is C25H30N4O3S2. The summed E-state index contributed by atoms with van der Waals surface area (Å²) >= 11 is 0. The zero-order valence-electron chi connectivity index (χ0n) is 19.8. The van der Waals surface area contributed by atoms with Crippen molar-refractivity contribution in [2.24, 2.45) is 10.7 Å². The van der Waals surface area contributed by atoms with Gasteiger partial charge in [-0.3, -0.25) is 14.9 Å². The van der Waals surface area contributed by atoms with Crippen molar-refractivity contribution in [3.63, 3.8) is 0 Å². The minimum absolute atomic E-state index is 0.00665. The van der Waals surface area contributed by atoms with Gasteiger partial charge in [-0.15, -0.1) is 0 Å². The van der Waals surface area contributed by atoms with Crippen LogP contribution in [0, 0.1) is 0 Å². The summed E-state index contributed by atoms with van der Waals surface area (Å²) in [6, 6.07) is 15.6. The maximum Gasteiger partial charge on any atom is 0.278 e. The number of nitrogens with zero attached hydrogens (tertiary/aromatic N) is 2. The minimum Gasteiger partial charge on any atom is -0.321 e. The number of nitrogens with one attached hydrogen (secondary N) is 1. The number of hydrogen-bond donors (Lipinski definition) is 2. The number of likely N-dealkylation sites (N-methyl/N-ethyl adjacent to an activating group) is 1. The number of benzodiazepines with no additional fused rings is 1. The lowest BCUT2D eigenvalue weighted by molar-refractivity contribution is -0.136. The summed E-state index contributed by atoms with van der Waals surface area (Å²) < 4.78 is -0.00665. The van der Waals surface area contributed by atoms with Crippen LogP contribution in [-0.4, -0.2) is 59.5 Å². The fourth-order valence-corrected chi connectivity index (χ4v) is 6.06. The molecule has 180 valence electrons. The standard InChI is InChI=1S/C25H30N4O3S2/c1-24(2,3)34-33-16-19(26)22(31)25(27-4)23(32)29(14-15-30)20-13-9-8-12-18(20)21(28-25)17-10-6-5-7-11-17/h5-13,15,19,27H,14,16,26H2,1-4H3. The van der Waals surface area contributed by atoms with Crippen molar-refractivity contribution >= 4 is 51.0 Å². The van der Waals surface area contributed by atoms with E-state index in [9.17, 15) is 14.4 Å². The Kier molecular flexibility index (Phi) is 8.35. The van der Waals surface area contributed by atoms with Gasteiger partial charge in [-0.25, -0.2) is 4.99 Å². The van der Waals surface area contributed by atoms with Crippen LogP contribution in [0.25, 0.3) is 0 Å². The lowest BCUT2D eigenvalue weighted by Gasteiger charge is -2.32. The van der Waals surface area contributed by atoms with Gasteiger partial charge in [-0.05, 0) is 13.1 Å². The zero-order chi connectivity index (χ0) is 24.9. The Morgan fingerprint density at radius 3 is 2.44 bits per heavy atom. The second-order valence-electron chi connectivity index (χ2n) is 8.84. The van der Waals surface area contributed by atoms with Crippen LogP contribution in [0.3, 0.4) is 0 Å². The van der Waals surface area contributed by atoms with E-state index in [0.717, 1.165) is 5.56 Å². The summed E-state index contributed by atoms with van der Waals surface area (Å²) in [5.41, 5.74) is 6.74. The molecule has 0 bridgehead atoms. The predicted molar refractivity (Wildman–Crippen MR) is 142 cm³/mol. The molecule has 3 rings (SSSR count). The molecule has 2 aromatic carbocycles. The van der Waals surface area contributed by atoms with Gasteiger partial charge in [0.05, 0.1) is 24.0 Å². The molecule has 0 spiro atoms. The van der Waals surface area contributed by atoms with E-state index in [1.807, 2.05) is 42.5 Å². The van der Waals surface area contributed by atoms with Crippen LogP contribution in [0.1, 0.15) is 31.9 Å². The highest BCUT2D eigenvalue weighted by molar-refractivity contribution is 8.77. The number of amides is 1. The first-order valence-electron chi connectivity index (χ1n) is 10.9. The number of para-hydroxylation sites is 1. The summed E-state index contributed by atoms with van der Waals surface area (Å²) in [5, 5.41) is 2.88. The fourth-order valence-electron chi connectivity index (χ4n) is 3.64. The Labute approximate surface area is 208 Å². The zero-order valence-corrected chi connectivity index (χ0v) is 21.4. The van der Waals surface area contributed by atoms with Crippen LogP contribution in [-0.2, 0) is 14.4 Å². The first-order valence-corrected chi connectivity index (χ1v) is 13.3. The molecule has 2 aromatic rings. The van der Waals surface area contributed by atoms with Gasteiger partial charge in [0.2, 0.25) is 5.78 Å². The van der Waals surface area contributed by atoms with E-state index in [0.29, 0.717) is 29.0 Å². The number of benzene rings is 2. The number of Topliss-reactive ketones (excluding diaryl/α,β-unsaturated/α-hetero) is 1. The average molecular weight is 499 g/mol. The van der Waals surface area contributed by atoms with E-state index < -0.39 is 23.4 Å². The van der Waals surface area contributed by atoms with Gasteiger partial charge in [-0.2, -0.15) is 0 Å². The Hall–Kier alpha value is -2.46. The molecule has 0 saturated carbocycles. The number of anilines is 1. The second-order valence-corrected chi connectivity index (χ2v) is 12.0. The fraction of sp³-hybridized carbons (Fsp3) is 0.360. The molecule has 3 N–H and O–H groups in total. The number of nitrogens with two attached hydrogens (primary N) is 1. The van der Waals surface area contributed by atoms with Crippen molar-refractivity contribution in [3.8, 4) is 0 Å². The van der Waals surface area contributed by atoms with Crippen LogP contribution >= 0.6 is 21.6 Å². The molecule has 0 aromatic heterocycles. The molecule has 0 aliphatic carbocycles. The maximum atomic E-state index is 13.9. The van der Waals surface area contributed by atoms with E-state index in [2.05, 4.69) is 26.1 Å². The van der Waals surface area contributed by atoms with E-state index in [1.54, 1.807) is 22.9 Å². The summed E-state index contributed by atoms with van der Waals surface area (Å²) in [6.07, 6.45) is 0.642. The summed E-state index contributed by atoms with van der Waals surface area (Å²) in [6.45, 7) is 6.01. The Morgan fingerprint density at radius 2 is 1.82 bits per heavy atom. The van der Waals surface area contributed by atoms with Gasteiger partial charge in [0.15, 0.2) is 0 Å². The average Bonchev–Trinajstić information content (AvgIpc) is 2.92. The number of rotatable bonds is 9. The topological polar surface area (TPSA) is 105 Å². The molecule has 1 aliphatic heterocycles. The normalized spacial score (nSPS) is 19.1. The molecule has 0 fully saturated rings. The SMILES string of the molecule is CNC1(C(=O)C(N)CSSC(C)(C)C)N=C(c2ccccc2)c2ccccc2N(CC=O)C1=O. The monoisotopic (exact) mass is 498 g/mol. The number of fused-ring (bicyclic) bond motifs is 1. The summed E-state index contributed by atoms with van der Waals surface area (Å²) in [7, 11) is 4.62. The van der Waals surface area contributed by atoms with E-state index in [-0.39, 0.29) is 11.3 Å².